The SMILES string of the molecule is O=C(O)C1CC2CC1(c1cccc(C(F)(F)F)c1)C2. The molecule has 0 aliphatic heterocycles. The normalized spacial score (nSPS) is 33.0. The lowest BCUT2D eigenvalue weighted by Crippen LogP contribution is -2.39. The average Bonchev–Trinajstić information content (AvgIpc) is 2.83. The van der Waals surface area contributed by atoms with Crippen LogP contribution in [0.2, 0.25) is 0 Å². The summed E-state index contributed by atoms with van der Waals surface area (Å²) < 4.78 is 38.2. The maximum absolute atomic E-state index is 12.7. The van der Waals surface area contributed by atoms with E-state index in [0.717, 1.165) is 12.1 Å². The van der Waals surface area contributed by atoms with Gasteiger partial charge < -0.3 is 5.11 Å². The van der Waals surface area contributed by atoms with Gasteiger partial charge >= 0.3 is 12.1 Å². The number of rotatable bonds is 2. The Bertz CT molecular complexity index is 530. The zero-order chi connectivity index (χ0) is 13.8. The molecule has 0 spiro atoms. The number of aliphatic carboxylic acids is 1. The highest BCUT2D eigenvalue weighted by Crippen LogP contribution is 2.63. The molecular formula is C14H13F3O2. The Balaban J connectivity index is 2.01. The highest BCUT2D eigenvalue weighted by molar-refractivity contribution is 5.74. The number of alkyl halides is 3. The lowest BCUT2D eigenvalue weighted by atomic mass is 9.62. The van der Waals surface area contributed by atoms with Gasteiger partial charge in [0.25, 0.3) is 0 Å². The molecule has 102 valence electrons. The van der Waals surface area contributed by atoms with Crippen molar-refractivity contribution in [1.82, 2.24) is 0 Å². The van der Waals surface area contributed by atoms with Crippen LogP contribution in [0.4, 0.5) is 13.2 Å². The summed E-state index contributed by atoms with van der Waals surface area (Å²) in [6.45, 7) is 0. The predicted octanol–water partition coefficient (Wildman–Crippen LogP) is 3.46. The van der Waals surface area contributed by atoms with Crippen molar-refractivity contribution in [2.45, 2.75) is 30.9 Å². The molecule has 1 aromatic rings. The van der Waals surface area contributed by atoms with Crippen molar-refractivity contribution in [3.8, 4) is 0 Å². The molecule has 3 aliphatic rings. The number of carboxylic acids is 1. The zero-order valence-corrected chi connectivity index (χ0v) is 10.1. The van der Waals surface area contributed by atoms with E-state index in [9.17, 15) is 23.1 Å². The van der Waals surface area contributed by atoms with Crippen molar-refractivity contribution >= 4 is 5.97 Å². The van der Waals surface area contributed by atoms with E-state index in [1.165, 1.54) is 6.07 Å². The average molecular weight is 270 g/mol. The van der Waals surface area contributed by atoms with Crippen LogP contribution in [0.5, 0.6) is 0 Å². The molecule has 4 rings (SSSR count). The van der Waals surface area contributed by atoms with Crippen LogP contribution < -0.4 is 0 Å². The van der Waals surface area contributed by atoms with Crippen molar-refractivity contribution in [3.05, 3.63) is 35.4 Å². The predicted molar refractivity (Wildman–Crippen MR) is 61.6 cm³/mol. The summed E-state index contributed by atoms with van der Waals surface area (Å²) in [5.74, 6) is -1.07. The lowest BCUT2D eigenvalue weighted by Gasteiger charge is -2.41. The summed E-state index contributed by atoms with van der Waals surface area (Å²) >= 11 is 0. The van der Waals surface area contributed by atoms with Gasteiger partial charge in [0.05, 0.1) is 11.5 Å². The molecule has 0 saturated heterocycles. The summed E-state index contributed by atoms with van der Waals surface area (Å²) in [4.78, 5) is 11.3. The first kappa shape index (κ1) is 12.5. The molecular weight excluding hydrogens is 257 g/mol. The van der Waals surface area contributed by atoms with Crippen LogP contribution in [-0.4, -0.2) is 11.1 Å². The van der Waals surface area contributed by atoms with Gasteiger partial charge in [-0.25, -0.2) is 0 Å². The molecule has 2 bridgehead atoms. The fourth-order valence-electron chi connectivity index (χ4n) is 3.76. The van der Waals surface area contributed by atoms with E-state index < -0.39 is 29.0 Å². The van der Waals surface area contributed by atoms with Gasteiger partial charge in [-0.05, 0) is 36.8 Å². The van der Waals surface area contributed by atoms with E-state index in [-0.39, 0.29) is 0 Å². The van der Waals surface area contributed by atoms with Gasteiger partial charge in [-0.2, -0.15) is 13.2 Å². The first-order valence-corrected chi connectivity index (χ1v) is 6.23. The van der Waals surface area contributed by atoms with Crippen LogP contribution in [0.3, 0.4) is 0 Å². The lowest BCUT2D eigenvalue weighted by molar-refractivity contribution is -0.143. The molecule has 2 nitrogen and oxygen atoms in total. The smallest absolute Gasteiger partial charge is 0.416 e. The van der Waals surface area contributed by atoms with E-state index >= 15 is 0 Å². The second-order valence-corrected chi connectivity index (χ2v) is 5.64. The molecule has 0 amide bonds. The van der Waals surface area contributed by atoms with Crippen LogP contribution in [0.25, 0.3) is 0 Å². The molecule has 19 heavy (non-hydrogen) atoms. The minimum absolute atomic E-state index is 0.357. The highest BCUT2D eigenvalue weighted by Gasteiger charge is 2.60. The van der Waals surface area contributed by atoms with Crippen molar-refractivity contribution in [3.63, 3.8) is 0 Å². The molecule has 1 unspecified atom stereocenters. The van der Waals surface area contributed by atoms with Crippen LogP contribution in [-0.2, 0) is 16.4 Å². The first-order valence-electron chi connectivity index (χ1n) is 6.23. The quantitative estimate of drug-likeness (QED) is 0.893. The monoisotopic (exact) mass is 270 g/mol. The summed E-state index contributed by atoms with van der Waals surface area (Å²) in [5.41, 5.74) is -0.736. The van der Waals surface area contributed by atoms with E-state index in [4.69, 9.17) is 0 Å². The fourth-order valence-corrected chi connectivity index (χ4v) is 3.76. The molecule has 3 saturated carbocycles. The first-order chi connectivity index (χ1) is 8.83. The van der Waals surface area contributed by atoms with Gasteiger partial charge in [0.2, 0.25) is 0 Å². The van der Waals surface area contributed by atoms with E-state index in [0.29, 0.717) is 30.7 Å². The van der Waals surface area contributed by atoms with Crippen molar-refractivity contribution in [1.29, 1.82) is 0 Å². The number of carboxylic acid groups (broad SMARTS) is 1. The molecule has 5 heteroatoms. The fraction of sp³-hybridized carbons (Fsp3) is 0.500. The van der Waals surface area contributed by atoms with Gasteiger partial charge in [-0.15, -0.1) is 0 Å². The molecule has 1 atom stereocenters. The third-order valence-electron chi connectivity index (χ3n) is 4.60. The molecule has 0 heterocycles. The van der Waals surface area contributed by atoms with E-state index in [1.807, 2.05) is 0 Å². The molecule has 0 aromatic heterocycles. The van der Waals surface area contributed by atoms with Crippen LogP contribution in [0.15, 0.2) is 24.3 Å². The van der Waals surface area contributed by atoms with Gasteiger partial charge in [-0.1, -0.05) is 18.2 Å². The molecule has 3 fully saturated rings. The summed E-state index contributed by atoms with van der Waals surface area (Å²) in [6, 6.07) is 5.16. The number of hydrogen-bond acceptors (Lipinski definition) is 1. The summed E-state index contributed by atoms with van der Waals surface area (Å²) in [6.07, 6.45) is -2.39. The molecule has 3 aliphatic carbocycles. The standard InChI is InChI=1S/C14H13F3O2/c15-14(16,17)10-3-1-2-9(5-10)13-6-8(7-13)4-11(13)12(18)19/h1-3,5,8,11H,4,6-7H2,(H,18,19). The zero-order valence-electron chi connectivity index (χ0n) is 10.1. The second-order valence-electron chi connectivity index (χ2n) is 5.64. The third-order valence-corrected chi connectivity index (χ3v) is 4.60. The topological polar surface area (TPSA) is 37.3 Å². The number of fused-ring (bicyclic) bond motifs is 1. The van der Waals surface area contributed by atoms with Crippen LogP contribution in [0.1, 0.15) is 30.4 Å². The minimum atomic E-state index is -4.38. The Morgan fingerprint density at radius 1 is 1.32 bits per heavy atom. The number of benzene rings is 1. The van der Waals surface area contributed by atoms with Crippen molar-refractivity contribution < 1.29 is 23.1 Å². The Morgan fingerprint density at radius 3 is 2.58 bits per heavy atom. The van der Waals surface area contributed by atoms with E-state index in [2.05, 4.69) is 0 Å². The number of carbonyl (C=O) groups is 1. The van der Waals surface area contributed by atoms with Gasteiger partial charge in [0.1, 0.15) is 0 Å². The maximum Gasteiger partial charge on any atom is 0.416 e. The third kappa shape index (κ3) is 1.75. The van der Waals surface area contributed by atoms with Crippen LogP contribution in [0, 0.1) is 11.8 Å². The van der Waals surface area contributed by atoms with Gasteiger partial charge in [0.15, 0.2) is 0 Å². The highest BCUT2D eigenvalue weighted by atomic mass is 19.4. The van der Waals surface area contributed by atoms with Gasteiger partial charge in [0, 0.05) is 5.41 Å². The maximum atomic E-state index is 12.7. The number of hydrogen-bond donors (Lipinski definition) is 1. The minimum Gasteiger partial charge on any atom is -0.481 e. The van der Waals surface area contributed by atoms with Crippen molar-refractivity contribution in [2.24, 2.45) is 11.8 Å². The summed E-state index contributed by atoms with van der Waals surface area (Å²) in [7, 11) is 0. The van der Waals surface area contributed by atoms with Gasteiger partial charge in [-0.3, -0.25) is 4.79 Å². The Labute approximate surface area is 108 Å². The molecule has 1 aromatic carbocycles. The van der Waals surface area contributed by atoms with E-state index in [1.54, 1.807) is 6.07 Å². The molecule has 0 radical (unpaired) electrons. The van der Waals surface area contributed by atoms with Crippen molar-refractivity contribution in [2.75, 3.05) is 0 Å². The Kier molecular flexibility index (Phi) is 2.46. The summed E-state index contributed by atoms with van der Waals surface area (Å²) in [5, 5.41) is 9.24. The number of halogens is 3. The Morgan fingerprint density at radius 2 is 2.00 bits per heavy atom. The van der Waals surface area contributed by atoms with Crippen LogP contribution >= 0.6 is 0 Å². The Hall–Kier alpha value is -1.52. The second kappa shape index (κ2) is 3.74. The largest absolute Gasteiger partial charge is 0.481 e. The molecule has 1 N–H and O–H groups in total.